The molecule has 0 unspecified atom stereocenters. The lowest BCUT2D eigenvalue weighted by atomic mass is 10.2. The Morgan fingerprint density at radius 3 is 2.62 bits per heavy atom. The molecule has 2 aromatic rings. The number of nitrogens with two attached hydrogens (primary N) is 1. The van der Waals surface area contributed by atoms with Crippen molar-refractivity contribution in [2.75, 3.05) is 11.1 Å². The molecule has 0 aliphatic rings. The molecule has 2 aromatic carbocycles. The van der Waals surface area contributed by atoms with E-state index in [0.717, 1.165) is 11.1 Å². The minimum atomic E-state index is -0.418. The van der Waals surface area contributed by atoms with E-state index in [1.54, 1.807) is 31.2 Å². The van der Waals surface area contributed by atoms with Gasteiger partial charge in [0.2, 0.25) is 5.91 Å². The van der Waals surface area contributed by atoms with Crippen molar-refractivity contribution in [1.29, 1.82) is 0 Å². The molecule has 0 aliphatic heterocycles. The van der Waals surface area contributed by atoms with Crippen molar-refractivity contribution in [3.8, 4) is 0 Å². The van der Waals surface area contributed by atoms with Gasteiger partial charge in [-0.1, -0.05) is 12.1 Å². The minimum Gasteiger partial charge on any atom is -0.399 e. The highest BCUT2D eigenvalue weighted by Crippen LogP contribution is 2.23. The van der Waals surface area contributed by atoms with Crippen molar-refractivity contribution in [1.82, 2.24) is 0 Å². The zero-order chi connectivity index (χ0) is 15.4. The number of benzene rings is 2. The Bertz CT molecular complexity index is 696. The number of nitrogens with one attached hydrogen (secondary N) is 1. The summed E-state index contributed by atoms with van der Waals surface area (Å²) in [6, 6.07) is 10.0. The molecule has 0 atom stereocenters. The molecule has 108 valence electrons. The zero-order valence-electron chi connectivity index (χ0n) is 11.4. The second-order valence-electron chi connectivity index (χ2n) is 4.57. The van der Waals surface area contributed by atoms with Crippen LogP contribution in [0.2, 0.25) is 0 Å². The summed E-state index contributed by atoms with van der Waals surface area (Å²) in [6.07, 6.45) is 3.06. The first-order chi connectivity index (χ1) is 9.95. The normalized spacial score (nSPS) is 10.8. The van der Waals surface area contributed by atoms with Crippen LogP contribution < -0.4 is 11.1 Å². The van der Waals surface area contributed by atoms with E-state index in [-0.39, 0.29) is 5.91 Å². The number of nitrogen functional groups attached to an aromatic ring is 1. The van der Waals surface area contributed by atoms with Crippen LogP contribution in [-0.4, -0.2) is 5.91 Å². The Kier molecular flexibility index (Phi) is 4.75. The fraction of sp³-hybridized carbons (Fsp3) is 0.0625. The van der Waals surface area contributed by atoms with Crippen LogP contribution in [0.1, 0.15) is 11.1 Å². The SMILES string of the molecule is Cc1cc(Br)c(F)cc1NC(=O)/C=C/c1ccc(N)cc1. The number of hydrogen-bond donors (Lipinski definition) is 2. The third-order valence-electron chi connectivity index (χ3n) is 2.89. The summed E-state index contributed by atoms with van der Waals surface area (Å²) in [7, 11) is 0. The van der Waals surface area contributed by atoms with Crippen molar-refractivity contribution in [2.45, 2.75) is 6.92 Å². The summed E-state index contributed by atoms with van der Waals surface area (Å²) in [5.74, 6) is -0.741. The number of rotatable bonds is 3. The quantitative estimate of drug-likeness (QED) is 0.647. The number of halogens is 2. The van der Waals surface area contributed by atoms with Crippen LogP contribution in [0.25, 0.3) is 6.08 Å². The fourth-order valence-electron chi connectivity index (χ4n) is 1.73. The first-order valence-corrected chi connectivity index (χ1v) is 7.05. The Balaban J connectivity index is 2.08. The molecule has 0 saturated carbocycles. The average molecular weight is 349 g/mol. The van der Waals surface area contributed by atoms with Crippen molar-refractivity contribution < 1.29 is 9.18 Å². The van der Waals surface area contributed by atoms with Gasteiger partial charge in [-0.25, -0.2) is 4.39 Å². The lowest BCUT2D eigenvalue weighted by Crippen LogP contribution is -2.09. The molecule has 0 saturated heterocycles. The van der Waals surface area contributed by atoms with Crippen molar-refractivity contribution >= 4 is 39.3 Å². The Morgan fingerprint density at radius 2 is 1.95 bits per heavy atom. The molecule has 3 nitrogen and oxygen atoms in total. The molecule has 2 rings (SSSR count). The Labute approximate surface area is 130 Å². The summed E-state index contributed by atoms with van der Waals surface area (Å²) in [6.45, 7) is 1.80. The molecule has 3 N–H and O–H groups in total. The molecular weight excluding hydrogens is 335 g/mol. The van der Waals surface area contributed by atoms with Gasteiger partial charge in [0.05, 0.1) is 4.47 Å². The van der Waals surface area contributed by atoms with Gasteiger partial charge in [0.1, 0.15) is 5.82 Å². The molecule has 0 aromatic heterocycles. The molecule has 0 bridgehead atoms. The van der Waals surface area contributed by atoms with Gasteiger partial charge in [0.25, 0.3) is 0 Å². The van der Waals surface area contributed by atoms with Gasteiger partial charge in [0, 0.05) is 17.5 Å². The summed E-state index contributed by atoms with van der Waals surface area (Å²) in [5, 5.41) is 2.65. The zero-order valence-corrected chi connectivity index (χ0v) is 12.9. The van der Waals surface area contributed by atoms with E-state index in [2.05, 4.69) is 21.2 Å². The molecular formula is C16H14BrFN2O. The van der Waals surface area contributed by atoms with Crippen LogP contribution in [-0.2, 0) is 4.79 Å². The summed E-state index contributed by atoms with van der Waals surface area (Å²) < 4.78 is 13.8. The predicted molar refractivity (Wildman–Crippen MR) is 87.4 cm³/mol. The monoisotopic (exact) mass is 348 g/mol. The van der Waals surface area contributed by atoms with E-state index in [1.165, 1.54) is 12.1 Å². The fourth-order valence-corrected chi connectivity index (χ4v) is 2.19. The van der Waals surface area contributed by atoms with Crippen LogP contribution in [0.5, 0.6) is 0 Å². The van der Waals surface area contributed by atoms with E-state index < -0.39 is 5.82 Å². The number of carbonyl (C=O) groups excluding carboxylic acids is 1. The van der Waals surface area contributed by atoms with Gasteiger partial charge < -0.3 is 11.1 Å². The highest BCUT2D eigenvalue weighted by Gasteiger charge is 2.07. The van der Waals surface area contributed by atoms with Crippen LogP contribution in [0.15, 0.2) is 46.9 Å². The highest BCUT2D eigenvalue weighted by molar-refractivity contribution is 9.10. The first-order valence-electron chi connectivity index (χ1n) is 6.26. The molecule has 0 aliphatic carbocycles. The van der Waals surface area contributed by atoms with Crippen LogP contribution in [0, 0.1) is 12.7 Å². The van der Waals surface area contributed by atoms with Gasteiger partial charge in [-0.05, 0) is 64.3 Å². The highest BCUT2D eigenvalue weighted by atomic mass is 79.9. The van der Waals surface area contributed by atoms with Crippen LogP contribution in [0.4, 0.5) is 15.8 Å². The van der Waals surface area contributed by atoms with Crippen molar-refractivity contribution in [2.24, 2.45) is 0 Å². The van der Waals surface area contributed by atoms with E-state index in [0.29, 0.717) is 15.8 Å². The van der Waals surface area contributed by atoms with Crippen molar-refractivity contribution in [3.63, 3.8) is 0 Å². The molecule has 0 fully saturated rings. The number of amides is 1. The number of carbonyl (C=O) groups is 1. The molecule has 21 heavy (non-hydrogen) atoms. The maximum atomic E-state index is 13.5. The summed E-state index contributed by atoms with van der Waals surface area (Å²) >= 11 is 3.10. The van der Waals surface area contributed by atoms with Crippen molar-refractivity contribution in [3.05, 3.63) is 63.9 Å². The summed E-state index contributed by atoms with van der Waals surface area (Å²) in [5.41, 5.74) is 8.33. The Morgan fingerprint density at radius 1 is 1.29 bits per heavy atom. The molecule has 0 radical (unpaired) electrons. The third-order valence-corrected chi connectivity index (χ3v) is 3.50. The minimum absolute atomic E-state index is 0.323. The molecule has 0 heterocycles. The van der Waals surface area contributed by atoms with Gasteiger partial charge in [-0.3, -0.25) is 4.79 Å². The predicted octanol–water partition coefficient (Wildman–Crippen LogP) is 4.13. The maximum Gasteiger partial charge on any atom is 0.248 e. The Hall–Kier alpha value is -2.14. The van der Waals surface area contributed by atoms with E-state index in [9.17, 15) is 9.18 Å². The third kappa shape index (κ3) is 4.16. The van der Waals surface area contributed by atoms with Gasteiger partial charge in [0.15, 0.2) is 0 Å². The molecule has 0 spiro atoms. The smallest absolute Gasteiger partial charge is 0.248 e. The van der Waals surface area contributed by atoms with Crippen LogP contribution >= 0.6 is 15.9 Å². The summed E-state index contributed by atoms with van der Waals surface area (Å²) in [4.78, 5) is 11.8. The second kappa shape index (κ2) is 6.54. The van der Waals surface area contributed by atoms with Gasteiger partial charge >= 0.3 is 0 Å². The number of aryl methyl sites for hydroxylation is 1. The maximum absolute atomic E-state index is 13.5. The molecule has 5 heteroatoms. The average Bonchev–Trinajstić information content (AvgIpc) is 2.44. The van der Waals surface area contributed by atoms with Crippen LogP contribution in [0.3, 0.4) is 0 Å². The number of hydrogen-bond acceptors (Lipinski definition) is 2. The lowest BCUT2D eigenvalue weighted by Gasteiger charge is -2.07. The topological polar surface area (TPSA) is 55.1 Å². The number of anilines is 2. The first kappa shape index (κ1) is 15.3. The van der Waals surface area contributed by atoms with E-state index in [1.807, 2.05) is 12.1 Å². The second-order valence-corrected chi connectivity index (χ2v) is 5.42. The van der Waals surface area contributed by atoms with E-state index in [4.69, 9.17) is 5.73 Å². The van der Waals surface area contributed by atoms with E-state index >= 15 is 0 Å². The molecule has 1 amide bonds. The lowest BCUT2D eigenvalue weighted by molar-refractivity contribution is -0.111. The largest absolute Gasteiger partial charge is 0.399 e. The van der Waals surface area contributed by atoms with Gasteiger partial charge in [-0.2, -0.15) is 0 Å². The standard InChI is InChI=1S/C16H14BrFN2O/c1-10-8-13(17)14(18)9-15(10)20-16(21)7-4-11-2-5-12(19)6-3-11/h2-9H,19H2,1H3,(H,20,21)/b7-4+. The van der Waals surface area contributed by atoms with Gasteiger partial charge in [-0.15, -0.1) is 0 Å².